The van der Waals surface area contributed by atoms with Crippen molar-refractivity contribution in [3.8, 4) is 0 Å². The number of aromatic nitrogens is 1. The maximum Gasteiger partial charge on any atom is 0.240 e. The van der Waals surface area contributed by atoms with E-state index >= 15 is 0 Å². The summed E-state index contributed by atoms with van der Waals surface area (Å²) in [4.78, 5) is 3.05. The Morgan fingerprint density at radius 2 is 2.07 bits per heavy atom. The Morgan fingerprint density at radius 3 is 2.71 bits per heavy atom. The van der Waals surface area contributed by atoms with Crippen LogP contribution in [0.5, 0.6) is 0 Å². The van der Waals surface area contributed by atoms with Crippen LogP contribution in [0, 0.1) is 6.92 Å². The molecule has 0 aliphatic heterocycles. The molecule has 4 nitrogen and oxygen atoms in total. The first-order valence-electron chi connectivity index (χ1n) is 4.09. The molecule has 2 aromatic rings. The molecule has 1 aromatic carbocycles. The highest BCUT2D eigenvalue weighted by Crippen LogP contribution is 2.23. The second kappa shape index (κ2) is 2.83. The number of nitrogens with one attached hydrogen (secondary N) is 1. The largest absolute Gasteiger partial charge is 0.360 e. The number of nitrogens with two attached hydrogens (primary N) is 1. The van der Waals surface area contributed by atoms with Crippen LogP contribution in [-0.2, 0) is 10.0 Å². The Balaban J connectivity index is 2.90. The van der Waals surface area contributed by atoms with E-state index in [1.165, 1.54) is 6.20 Å². The predicted octanol–water partition coefficient (Wildman–Crippen LogP) is 1.12. The van der Waals surface area contributed by atoms with Crippen LogP contribution in [0.3, 0.4) is 0 Å². The summed E-state index contributed by atoms with van der Waals surface area (Å²) < 4.78 is 22.4. The minimum atomic E-state index is -3.63. The number of sulfonamides is 1. The zero-order valence-electron chi connectivity index (χ0n) is 7.61. The van der Waals surface area contributed by atoms with Crippen molar-refractivity contribution in [2.75, 3.05) is 0 Å². The van der Waals surface area contributed by atoms with E-state index in [9.17, 15) is 8.42 Å². The zero-order chi connectivity index (χ0) is 10.3. The standard InChI is InChI=1S/C9H10N2O2S/c1-6-3-2-4-7-8(14(10,12)13)5-11-9(6)7/h2-5,11H,1H3,(H2,10,12,13). The number of aromatic amines is 1. The van der Waals surface area contributed by atoms with E-state index in [1.54, 1.807) is 12.1 Å². The van der Waals surface area contributed by atoms with E-state index in [0.29, 0.717) is 5.39 Å². The van der Waals surface area contributed by atoms with E-state index in [4.69, 9.17) is 5.14 Å². The number of rotatable bonds is 1. The molecule has 0 saturated heterocycles. The lowest BCUT2D eigenvalue weighted by Crippen LogP contribution is -2.11. The number of hydrogen-bond acceptors (Lipinski definition) is 2. The molecular weight excluding hydrogens is 200 g/mol. The quantitative estimate of drug-likeness (QED) is 0.740. The minimum absolute atomic E-state index is 0.149. The number of benzene rings is 1. The molecule has 0 aliphatic rings. The third-order valence-corrected chi connectivity index (χ3v) is 3.14. The molecule has 0 fully saturated rings. The van der Waals surface area contributed by atoms with Gasteiger partial charge in [-0.1, -0.05) is 18.2 Å². The Morgan fingerprint density at radius 1 is 1.36 bits per heavy atom. The van der Waals surface area contributed by atoms with Crippen LogP contribution < -0.4 is 5.14 Å². The smallest absolute Gasteiger partial charge is 0.240 e. The van der Waals surface area contributed by atoms with Gasteiger partial charge in [0.1, 0.15) is 4.90 Å². The normalized spacial score (nSPS) is 12.1. The van der Waals surface area contributed by atoms with Crippen molar-refractivity contribution < 1.29 is 8.42 Å². The van der Waals surface area contributed by atoms with E-state index < -0.39 is 10.0 Å². The van der Waals surface area contributed by atoms with Crippen molar-refractivity contribution in [2.45, 2.75) is 11.8 Å². The number of para-hydroxylation sites is 1. The van der Waals surface area contributed by atoms with Crippen LogP contribution in [0.25, 0.3) is 10.9 Å². The molecule has 0 bridgehead atoms. The Labute approximate surface area is 81.8 Å². The van der Waals surface area contributed by atoms with Gasteiger partial charge in [-0.2, -0.15) is 0 Å². The first-order chi connectivity index (χ1) is 6.50. The van der Waals surface area contributed by atoms with Crippen LogP contribution in [0.4, 0.5) is 0 Å². The van der Waals surface area contributed by atoms with Crippen LogP contribution in [0.15, 0.2) is 29.3 Å². The molecule has 1 aromatic heterocycles. The van der Waals surface area contributed by atoms with E-state index in [-0.39, 0.29) is 4.90 Å². The van der Waals surface area contributed by atoms with Crippen molar-refractivity contribution in [3.05, 3.63) is 30.0 Å². The highest BCUT2D eigenvalue weighted by Gasteiger charge is 2.14. The molecule has 0 atom stereocenters. The van der Waals surface area contributed by atoms with E-state index in [2.05, 4.69) is 4.98 Å². The van der Waals surface area contributed by atoms with Gasteiger partial charge in [-0.25, -0.2) is 13.6 Å². The van der Waals surface area contributed by atoms with Crippen molar-refractivity contribution in [1.29, 1.82) is 0 Å². The van der Waals surface area contributed by atoms with Crippen molar-refractivity contribution in [1.82, 2.24) is 4.98 Å². The predicted molar refractivity (Wildman–Crippen MR) is 54.4 cm³/mol. The topological polar surface area (TPSA) is 76.0 Å². The second-order valence-corrected chi connectivity index (χ2v) is 4.73. The van der Waals surface area contributed by atoms with Crippen molar-refractivity contribution in [2.24, 2.45) is 5.14 Å². The summed E-state index contributed by atoms with van der Waals surface area (Å²) in [5, 5.41) is 5.72. The van der Waals surface area contributed by atoms with Gasteiger partial charge in [0.15, 0.2) is 0 Å². The maximum absolute atomic E-state index is 11.2. The van der Waals surface area contributed by atoms with Gasteiger partial charge in [0.2, 0.25) is 10.0 Å². The minimum Gasteiger partial charge on any atom is -0.360 e. The van der Waals surface area contributed by atoms with Gasteiger partial charge >= 0.3 is 0 Å². The van der Waals surface area contributed by atoms with Crippen LogP contribution >= 0.6 is 0 Å². The first-order valence-corrected chi connectivity index (χ1v) is 5.64. The van der Waals surface area contributed by atoms with Gasteiger partial charge < -0.3 is 4.98 Å². The SMILES string of the molecule is Cc1cccc2c(S(N)(=O)=O)c[nH]c12. The van der Waals surface area contributed by atoms with Gasteiger partial charge in [0.25, 0.3) is 0 Å². The highest BCUT2D eigenvalue weighted by atomic mass is 32.2. The molecule has 1 heterocycles. The zero-order valence-corrected chi connectivity index (χ0v) is 8.43. The summed E-state index contributed by atoms with van der Waals surface area (Å²) >= 11 is 0. The second-order valence-electron chi connectivity index (χ2n) is 3.20. The van der Waals surface area contributed by atoms with Crippen LogP contribution in [0.2, 0.25) is 0 Å². The fourth-order valence-electron chi connectivity index (χ4n) is 1.52. The third-order valence-electron chi connectivity index (χ3n) is 2.19. The van der Waals surface area contributed by atoms with Crippen LogP contribution in [0.1, 0.15) is 5.56 Å². The number of fused-ring (bicyclic) bond motifs is 1. The Hall–Kier alpha value is -1.33. The van der Waals surface area contributed by atoms with E-state index in [1.807, 2.05) is 13.0 Å². The summed E-state index contributed by atoms with van der Waals surface area (Å²) in [6.45, 7) is 1.91. The summed E-state index contributed by atoms with van der Waals surface area (Å²) in [6.07, 6.45) is 1.42. The van der Waals surface area contributed by atoms with Crippen molar-refractivity contribution in [3.63, 3.8) is 0 Å². The molecule has 74 valence electrons. The Bertz CT molecular complexity index is 584. The number of aryl methyl sites for hydroxylation is 1. The monoisotopic (exact) mass is 210 g/mol. The average Bonchev–Trinajstić information content (AvgIpc) is 2.47. The van der Waals surface area contributed by atoms with Gasteiger partial charge in [-0.3, -0.25) is 0 Å². The van der Waals surface area contributed by atoms with Crippen LogP contribution in [-0.4, -0.2) is 13.4 Å². The van der Waals surface area contributed by atoms with E-state index in [0.717, 1.165) is 11.1 Å². The molecule has 0 radical (unpaired) electrons. The van der Waals surface area contributed by atoms with Crippen molar-refractivity contribution >= 4 is 20.9 Å². The number of primary sulfonamides is 1. The molecule has 2 rings (SSSR count). The lowest BCUT2D eigenvalue weighted by molar-refractivity contribution is 0.598. The molecule has 0 saturated carbocycles. The number of H-pyrrole nitrogens is 1. The van der Waals surface area contributed by atoms with Gasteiger partial charge in [0, 0.05) is 17.1 Å². The molecule has 0 aliphatic carbocycles. The maximum atomic E-state index is 11.2. The summed E-state index contributed by atoms with van der Waals surface area (Å²) in [5.41, 5.74) is 1.81. The number of hydrogen-bond donors (Lipinski definition) is 2. The summed E-state index contributed by atoms with van der Waals surface area (Å²) in [6, 6.07) is 5.45. The molecule has 5 heteroatoms. The molecule has 0 spiro atoms. The molecule has 0 amide bonds. The van der Waals surface area contributed by atoms with Gasteiger partial charge in [-0.15, -0.1) is 0 Å². The third kappa shape index (κ3) is 1.30. The first kappa shape index (κ1) is 9.23. The molecule has 0 unspecified atom stereocenters. The lowest BCUT2D eigenvalue weighted by Gasteiger charge is -1.96. The van der Waals surface area contributed by atoms with Gasteiger partial charge in [0.05, 0.1) is 0 Å². The lowest BCUT2D eigenvalue weighted by atomic mass is 10.2. The summed E-state index contributed by atoms with van der Waals surface area (Å²) in [7, 11) is -3.63. The fourth-order valence-corrected chi connectivity index (χ4v) is 2.22. The average molecular weight is 210 g/mol. The highest BCUT2D eigenvalue weighted by molar-refractivity contribution is 7.89. The van der Waals surface area contributed by atoms with Gasteiger partial charge in [-0.05, 0) is 12.5 Å². The summed E-state index contributed by atoms with van der Waals surface area (Å²) in [5.74, 6) is 0. The Kier molecular flexibility index (Phi) is 1.87. The fraction of sp³-hybridized carbons (Fsp3) is 0.111. The molecule has 14 heavy (non-hydrogen) atoms. The molecular formula is C9H10N2O2S. The molecule has 3 N–H and O–H groups in total.